The molecule has 0 radical (unpaired) electrons. The van der Waals surface area contributed by atoms with Gasteiger partial charge in [-0.3, -0.25) is 9.59 Å². The van der Waals surface area contributed by atoms with Crippen LogP contribution in [0.5, 0.6) is 5.75 Å². The van der Waals surface area contributed by atoms with E-state index in [4.69, 9.17) is 9.47 Å². The van der Waals surface area contributed by atoms with Gasteiger partial charge in [0.2, 0.25) is 0 Å². The van der Waals surface area contributed by atoms with E-state index in [0.29, 0.717) is 35.7 Å². The molecule has 4 amide bonds. The van der Waals surface area contributed by atoms with Gasteiger partial charge in [-0.1, -0.05) is 25.1 Å². The number of carbonyl (C=O) groups excluding carboxylic acids is 3. The second-order valence-corrected chi connectivity index (χ2v) is 11.8. The van der Waals surface area contributed by atoms with Crippen LogP contribution >= 0.6 is 0 Å². The SMILES string of the molecule is CC(C)NC(=O)Nc1ccc2c(c1)C(=O)N([C@@H](C)CO)C[C@H](C)[C@@H](CN(C)C(=O)c1ccccc1)OCCCC[C@@H](C)O2. The Morgan fingerprint density at radius 2 is 1.81 bits per heavy atom. The van der Waals surface area contributed by atoms with Crippen molar-refractivity contribution in [3.05, 3.63) is 59.7 Å². The topological polar surface area (TPSA) is 120 Å². The Morgan fingerprint density at radius 3 is 2.49 bits per heavy atom. The number of nitrogens with zero attached hydrogens (tertiary/aromatic N) is 2. The highest BCUT2D eigenvalue weighted by Gasteiger charge is 2.31. The fraction of sp³-hybridized carbons (Fsp3) is 0.545. The Hall–Kier alpha value is -3.63. The van der Waals surface area contributed by atoms with Crippen LogP contribution in [-0.2, 0) is 4.74 Å². The molecule has 2 aromatic rings. The number of likely N-dealkylation sites (N-methyl/N-ethyl adjacent to an activating group) is 1. The van der Waals surface area contributed by atoms with Crippen LogP contribution in [-0.4, -0.2) is 90.4 Å². The Labute approximate surface area is 255 Å². The highest BCUT2D eigenvalue weighted by Crippen LogP contribution is 2.28. The Morgan fingerprint density at radius 1 is 1.09 bits per heavy atom. The summed E-state index contributed by atoms with van der Waals surface area (Å²) in [5.41, 5.74) is 1.35. The molecule has 0 unspecified atom stereocenters. The van der Waals surface area contributed by atoms with Crippen LogP contribution in [0.3, 0.4) is 0 Å². The largest absolute Gasteiger partial charge is 0.490 e. The number of fused-ring (bicyclic) bond motifs is 1. The summed E-state index contributed by atoms with van der Waals surface area (Å²) in [5, 5.41) is 15.7. The lowest BCUT2D eigenvalue weighted by molar-refractivity contribution is -0.0149. The summed E-state index contributed by atoms with van der Waals surface area (Å²) < 4.78 is 12.6. The van der Waals surface area contributed by atoms with Gasteiger partial charge in [0.05, 0.1) is 30.4 Å². The smallest absolute Gasteiger partial charge is 0.319 e. The maximum absolute atomic E-state index is 14.2. The number of aliphatic hydroxyl groups is 1. The first-order chi connectivity index (χ1) is 20.5. The molecule has 2 aromatic carbocycles. The first-order valence-electron chi connectivity index (χ1n) is 15.2. The Kier molecular flexibility index (Phi) is 12.8. The van der Waals surface area contributed by atoms with Gasteiger partial charge in [-0.15, -0.1) is 0 Å². The normalized spacial score (nSPS) is 20.8. The van der Waals surface area contributed by atoms with Crippen LogP contribution in [0.1, 0.15) is 74.6 Å². The minimum absolute atomic E-state index is 0.0531. The van der Waals surface area contributed by atoms with E-state index in [1.165, 1.54) is 0 Å². The highest BCUT2D eigenvalue weighted by molar-refractivity contribution is 5.99. The molecule has 0 aromatic heterocycles. The van der Waals surface area contributed by atoms with Crippen molar-refractivity contribution in [2.45, 2.75) is 78.2 Å². The van der Waals surface area contributed by atoms with Gasteiger partial charge in [0.1, 0.15) is 5.75 Å². The van der Waals surface area contributed by atoms with Crippen molar-refractivity contribution in [3.63, 3.8) is 0 Å². The molecule has 1 aliphatic heterocycles. The van der Waals surface area contributed by atoms with Crippen LogP contribution in [0.4, 0.5) is 10.5 Å². The number of carbonyl (C=O) groups is 3. The molecule has 3 rings (SSSR count). The van der Waals surface area contributed by atoms with Crippen LogP contribution in [0, 0.1) is 5.92 Å². The second-order valence-electron chi connectivity index (χ2n) is 11.8. The molecule has 10 nitrogen and oxygen atoms in total. The Bertz CT molecular complexity index is 1210. The van der Waals surface area contributed by atoms with E-state index >= 15 is 0 Å². The minimum Gasteiger partial charge on any atom is -0.490 e. The third-order valence-corrected chi connectivity index (χ3v) is 7.55. The summed E-state index contributed by atoms with van der Waals surface area (Å²) in [5.74, 6) is -0.177. The maximum Gasteiger partial charge on any atom is 0.319 e. The molecular formula is C33H48N4O6. The van der Waals surface area contributed by atoms with E-state index in [1.807, 2.05) is 45.9 Å². The average molecular weight is 597 g/mol. The molecular weight excluding hydrogens is 548 g/mol. The summed E-state index contributed by atoms with van der Waals surface area (Å²) >= 11 is 0. The number of anilines is 1. The van der Waals surface area contributed by atoms with Gasteiger partial charge < -0.3 is 35.0 Å². The molecule has 10 heteroatoms. The van der Waals surface area contributed by atoms with Crippen molar-refractivity contribution in [2.75, 3.05) is 38.7 Å². The lowest BCUT2D eigenvalue weighted by Crippen LogP contribution is -2.48. The molecule has 1 heterocycles. The highest BCUT2D eigenvalue weighted by atomic mass is 16.5. The van der Waals surface area contributed by atoms with Crippen LogP contribution in [0.25, 0.3) is 0 Å². The molecule has 3 N–H and O–H groups in total. The van der Waals surface area contributed by atoms with Gasteiger partial charge in [-0.25, -0.2) is 4.79 Å². The van der Waals surface area contributed by atoms with Gasteiger partial charge in [0, 0.05) is 50.0 Å². The van der Waals surface area contributed by atoms with E-state index in [0.717, 1.165) is 19.3 Å². The number of benzene rings is 2. The fourth-order valence-corrected chi connectivity index (χ4v) is 5.05. The van der Waals surface area contributed by atoms with Crippen molar-refractivity contribution in [1.82, 2.24) is 15.1 Å². The zero-order valence-corrected chi connectivity index (χ0v) is 26.3. The van der Waals surface area contributed by atoms with Gasteiger partial charge in [0.25, 0.3) is 11.8 Å². The predicted octanol–water partition coefficient (Wildman–Crippen LogP) is 4.78. The number of nitrogens with one attached hydrogen (secondary N) is 2. The lowest BCUT2D eigenvalue weighted by Gasteiger charge is -2.36. The van der Waals surface area contributed by atoms with Gasteiger partial charge >= 0.3 is 6.03 Å². The van der Waals surface area contributed by atoms with Crippen molar-refractivity contribution in [3.8, 4) is 5.75 Å². The van der Waals surface area contributed by atoms with Crippen molar-refractivity contribution in [1.29, 1.82) is 0 Å². The molecule has 0 saturated carbocycles. The van der Waals surface area contributed by atoms with Gasteiger partial charge in [-0.2, -0.15) is 0 Å². The monoisotopic (exact) mass is 596 g/mol. The number of amides is 4. The number of hydrogen-bond donors (Lipinski definition) is 3. The molecule has 4 atom stereocenters. The van der Waals surface area contributed by atoms with E-state index < -0.39 is 6.04 Å². The molecule has 0 saturated heterocycles. The molecule has 236 valence electrons. The third kappa shape index (κ3) is 9.96. The van der Waals surface area contributed by atoms with Crippen LogP contribution in [0.2, 0.25) is 0 Å². The van der Waals surface area contributed by atoms with Gasteiger partial charge in [0.15, 0.2) is 0 Å². The number of rotatable bonds is 7. The van der Waals surface area contributed by atoms with Crippen molar-refractivity contribution < 1.29 is 29.0 Å². The average Bonchev–Trinajstić information content (AvgIpc) is 2.98. The molecule has 0 aliphatic carbocycles. The number of aliphatic hydroxyl groups excluding tert-OH is 1. The Balaban J connectivity index is 1.93. The van der Waals surface area contributed by atoms with Crippen LogP contribution in [0.15, 0.2) is 48.5 Å². The van der Waals surface area contributed by atoms with Crippen LogP contribution < -0.4 is 15.4 Å². The standard InChI is InChI=1S/C33H48N4O6/c1-22(2)34-33(41)35-27-15-16-29-28(18-27)32(40)37(24(4)21-38)19-23(3)30(42-17-11-10-12-25(5)43-29)20-36(6)31(39)26-13-8-7-9-14-26/h7-9,13-16,18,22-25,30,38H,10-12,17,19-21H2,1-6H3,(H2,34,35,41)/t23-,24-,25+,30+/m0/s1. The second kappa shape index (κ2) is 16.3. The van der Waals surface area contributed by atoms with E-state index in [2.05, 4.69) is 10.6 Å². The van der Waals surface area contributed by atoms with Crippen molar-refractivity contribution in [2.24, 2.45) is 5.92 Å². The number of urea groups is 1. The summed E-state index contributed by atoms with van der Waals surface area (Å²) in [6.45, 7) is 10.4. The molecule has 0 fully saturated rings. The quantitative estimate of drug-likeness (QED) is 0.423. The summed E-state index contributed by atoms with van der Waals surface area (Å²) in [6.07, 6.45) is 1.95. The zero-order chi connectivity index (χ0) is 31.5. The summed E-state index contributed by atoms with van der Waals surface area (Å²) in [6, 6.07) is 13.2. The number of ether oxygens (including phenoxy) is 2. The number of hydrogen-bond acceptors (Lipinski definition) is 6. The summed E-state index contributed by atoms with van der Waals surface area (Å²) in [7, 11) is 1.76. The minimum atomic E-state index is -0.502. The maximum atomic E-state index is 14.2. The fourth-order valence-electron chi connectivity index (χ4n) is 5.05. The molecule has 43 heavy (non-hydrogen) atoms. The lowest BCUT2D eigenvalue weighted by atomic mass is 10.0. The first kappa shape index (κ1) is 33.9. The third-order valence-electron chi connectivity index (χ3n) is 7.55. The van der Waals surface area contributed by atoms with Gasteiger partial charge in [-0.05, 0) is 77.3 Å². The van der Waals surface area contributed by atoms with Crippen molar-refractivity contribution >= 4 is 23.5 Å². The van der Waals surface area contributed by atoms with E-state index in [9.17, 15) is 19.5 Å². The zero-order valence-electron chi connectivity index (χ0n) is 26.3. The molecule has 0 spiro atoms. The first-order valence-corrected chi connectivity index (χ1v) is 15.2. The van der Waals surface area contributed by atoms with E-state index in [-0.39, 0.29) is 55.2 Å². The molecule has 1 aliphatic rings. The predicted molar refractivity (Wildman–Crippen MR) is 168 cm³/mol. The summed E-state index contributed by atoms with van der Waals surface area (Å²) in [4.78, 5) is 43.0. The molecule has 0 bridgehead atoms. The van der Waals surface area contributed by atoms with E-state index in [1.54, 1.807) is 54.1 Å².